The van der Waals surface area contributed by atoms with E-state index in [4.69, 9.17) is 5.73 Å². The van der Waals surface area contributed by atoms with Gasteiger partial charge in [-0.05, 0) is 37.8 Å². The number of nitrogens with one attached hydrogen (secondary N) is 1. The first-order valence-corrected chi connectivity index (χ1v) is 5.00. The Labute approximate surface area is 78.9 Å². The fourth-order valence-electron chi connectivity index (χ4n) is 1.98. The number of hydrogen-bond donors (Lipinski definition) is 2. The molecule has 0 spiro atoms. The molecule has 0 bridgehead atoms. The molecule has 1 aliphatic rings. The van der Waals surface area contributed by atoms with E-state index < -0.39 is 0 Å². The Balaban J connectivity index is 1.87. The lowest BCUT2D eigenvalue weighted by molar-refractivity contribution is 0.392. The van der Waals surface area contributed by atoms with Crippen molar-refractivity contribution in [1.29, 1.82) is 0 Å². The molecule has 3 nitrogen and oxygen atoms in total. The van der Waals surface area contributed by atoms with Crippen molar-refractivity contribution < 1.29 is 0 Å². The van der Waals surface area contributed by atoms with Gasteiger partial charge in [0.15, 0.2) is 0 Å². The zero-order valence-electron chi connectivity index (χ0n) is 7.82. The minimum absolute atomic E-state index is 0.391. The van der Waals surface area contributed by atoms with Gasteiger partial charge in [-0.1, -0.05) is 0 Å². The topological polar surface area (TPSA) is 43.0 Å². The predicted octanol–water partition coefficient (Wildman–Crippen LogP) is 1.30. The van der Waals surface area contributed by atoms with Gasteiger partial charge in [0.25, 0.3) is 0 Å². The largest absolute Gasteiger partial charge is 0.328 e. The predicted molar refractivity (Wildman–Crippen MR) is 54.0 cm³/mol. The number of nitrogens with two attached hydrogens (primary N) is 1. The first kappa shape index (κ1) is 8.63. The lowest BCUT2D eigenvalue weighted by Crippen LogP contribution is -2.37. The second kappa shape index (κ2) is 3.83. The molecule has 0 radical (unpaired) electrons. The SMILES string of the molecule is NC1CCCC(Nn2cccc2)C1. The molecule has 1 aromatic heterocycles. The van der Waals surface area contributed by atoms with E-state index in [1.54, 1.807) is 0 Å². The third-order valence-electron chi connectivity index (χ3n) is 2.65. The molecule has 1 saturated carbocycles. The van der Waals surface area contributed by atoms with Crippen LogP contribution in [0.5, 0.6) is 0 Å². The molecule has 0 aromatic carbocycles. The van der Waals surface area contributed by atoms with Gasteiger partial charge >= 0.3 is 0 Å². The zero-order valence-corrected chi connectivity index (χ0v) is 7.82. The Hall–Kier alpha value is -0.960. The van der Waals surface area contributed by atoms with Gasteiger partial charge in [-0.2, -0.15) is 0 Å². The smallest absolute Gasteiger partial charge is 0.0439 e. The molecule has 1 fully saturated rings. The molecule has 1 heterocycles. The van der Waals surface area contributed by atoms with Gasteiger partial charge in [0.05, 0.1) is 0 Å². The third-order valence-corrected chi connectivity index (χ3v) is 2.65. The highest BCUT2D eigenvalue weighted by atomic mass is 15.4. The van der Waals surface area contributed by atoms with Crippen LogP contribution >= 0.6 is 0 Å². The molecular weight excluding hydrogens is 162 g/mol. The normalized spacial score (nSPS) is 28.7. The molecule has 13 heavy (non-hydrogen) atoms. The standard InChI is InChI=1S/C10H17N3/c11-9-4-3-5-10(8-9)12-13-6-1-2-7-13/h1-2,6-7,9-10,12H,3-5,8,11H2. The van der Waals surface area contributed by atoms with Crippen LogP contribution in [0.2, 0.25) is 0 Å². The van der Waals surface area contributed by atoms with Gasteiger partial charge in [-0.25, -0.2) is 0 Å². The molecular formula is C10H17N3. The molecule has 3 N–H and O–H groups in total. The van der Waals surface area contributed by atoms with Crippen molar-refractivity contribution in [3.8, 4) is 0 Å². The average Bonchev–Trinajstić information content (AvgIpc) is 2.57. The number of hydrogen-bond acceptors (Lipinski definition) is 2. The van der Waals surface area contributed by atoms with Gasteiger partial charge in [0, 0.05) is 24.5 Å². The van der Waals surface area contributed by atoms with Crippen LogP contribution < -0.4 is 11.2 Å². The van der Waals surface area contributed by atoms with Crippen LogP contribution in [0.1, 0.15) is 25.7 Å². The Morgan fingerprint density at radius 1 is 1.23 bits per heavy atom. The Kier molecular flexibility index (Phi) is 2.54. The zero-order chi connectivity index (χ0) is 9.10. The fourth-order valence-corrected chi connectivity index (χ4v) is 1.98. The maximum Gasteiger partial charge on any atom is 0.0439 e. The lowest BCUT2D eigenvalue weighted by atomic mass is 9.92. The summed E-state index contributed by atoms with van der Waals surface area (Å²) < 4.78 is 2.02. The molecule has 3 heteroatoms. The monoisotopic (exact) mass is 179 g/mol. The highest BCUT2D eigenvalue weighted by Gasteiger charge is 2.18. The highest BCUT2D eigenvalue weighted by Crippen LogP contribution is 2.17. The molecule has 0 saturated heterocycles. The minimum atomic E-state index is 0.391. The van der Waals surface area contributed by atoms with E-state index in [0.29, 0.717) is 12.1 Å². The van der Waals surface area contributed by atoms with Crippen LogP contribution in [0.4, 0.5) is 0 Å². The fraction of sp³-hybridized carbons (Fsp3) is 0.600. The van der Waals surface area contributed by atoms with Crippen LogP contribution in [0.3, 0.4) is 0 Å². The molecule has 2 unspecified atom stereocenters. The summed E-state index contributed by atoms with van der Waals surface area (Å²) >= 11 is 0. The molecule has 2 rings (SSSR count). The van der Waals surface area contributed by atoms with E-state index in [1.165, 1.54) is 19.3 Å². The van der Waals surface area contributed by atoms with Crippen molar-refractivity contribution in [2.75, 3.05) is 5.43 Å². The molecule has 0 amide bonds. The van der Waals surface area contributed by atoms with E-state index >= 15 is 0 Å². The quantitative estimate of drug-likeness (QED) is 0.718. The second-order valence-corrected chi connectivity index (χ2v) is 3.84. The summed E-state index contributed by atoms with van der Waals surface area (Å²) in [5, 5.41) is 0. The average molecular weight is 179 g/mol. The van der Waals surface area contributed by atoms with Gasteiger partial charge in [-0.15, -0.1) is 0 Å². The van der Waals surface area contributed by atoms with Crippen molar-refractivity contribution in [3.05, 3.63) is 24.5 Å². The lowest BCUT2D eigenvalue weighted by Gasteiger charge is -2.28. The summed E-state index contributed by atoms with van der Waals surface area (Å²) in [6.07, 6.45) is 8.83. The van der Waals surface area contributed by atoms with E-state index in [2.05, 4.69) is 5.43 Å². The summed E-state index contributed by atoms with van der Waals surface area (Å²) in [6.45, 7) is 0. The Bertz CT molecular complexity index is 243. The maximum absolute atomic E-state index is 5.90. The van der Waals surface area contributed by atoms with Crippen molar-refractivity contribution in [2.24, 2.45) is 5.73 Å². The molecule has 2 atom stereocenters. The molecule has 1 aromatic rings. The van der Waals surface area contributed by atoms with Gasteiger partial charge in [-0.3, -0.25) is 4.68 Å². The molecule has 1 aliphatic carbocycles. The van der Waals surface area contributed by atoms with Crippen LogP contribution in [0, 0.1) is 0 Å². The number of nitrogens with zero attached hydrogens (tertiary/aromatic N) is 1. The Morgan fingerprint density at radius 3 is 2.69 bits per heavy atom. The molecule has 72 valence electrons. The van der Waals surface area contributed by atoms with E-state index in [1.807, 2.05) is 29.2 Å². The van der Waals surface area contributed by atoms with Crippen molar-refractivity contribution in [1.82, 2.24) is 4.68 Å². The minimum Gasteiger partial charge on any atom is -0.328 e. The third kappa shape index (κ3) is 2.25. The Morgan fingerprint density at radius 2 is 2.00 bits per heavy atom. The van der Waals surface area contributed by atoms with Crippen molar-refractivity contribution >= 4 is 0 Å². The second-order valence-electron chi connectivity index (χ2n) is 3.84. The number of rotatable bonds is 2. The van der Waals surface area contributed by atoms with Crippen molar-refractivity contribution in [3.63, 3.8) is 0 Å². The van der Waals surface area contributed by atoms with E-state index in [9.17, 15) is 0 Å². The summed E-state index contributed by atoms with van der Waals surface area (Å²) in [4.78, 5) is 0. The van der Waals surface area contributed by atoms with E-state index in [-0.39, 0.29) is 0 Å². The van der Waals surface area contributed by atoms with Crippen LogP contribution in [0.15, 0.2) is 24.5 Å². The van der Waals surface area contributed by atoms with Crippen LogP contribution in [-0.4, -0.2) is 16.8 Å². The van der Waals surface area contributed by atoms with Gasteiger partial charge in [0.2, 0.25) is 0 Å². The maximum atomic E-state index is 5.90. The van der Waals surface area contributed by atoms with Crippen LogP contribution in [0.25, 0.3) is 0 Å². The summed E-state index contributed by atoms with van der Waals surface area (Å²) in [7, 11) is 0. The number of aromatic nitrogens is 1. The summed E-state index contributed by atoms with van der Waals surface area (Å²) in [6, 6.07) is 4.99. The highest BCUT2D eigenvalue weighted by molar-refractivity contribution is 4.97. The first-order valence-electron chi connectivity index (χ1n) is 5.00. The van der Waals surface area contributed by atoms with Crippen molar-refractivity contribution in [2.45, 2.75) is 37.8 Å². The van der Waals surface area contributed by atoms with Crippen LogP contribution in [-0.2, 0) is 0 Å². The first-order chi connectivity index (χ1) is 6.34. The summed E-state index contributed by atoms with van der Waals surface area (Å²) in [5.41, 5.74) is 9.33. The van der Waals surface area contributed by atoms with E-state index in [0.717, 1.165) is 6.42 Å². The van der Waals surface area contributed by atoms with Gasteiger partial charge in [0.1, 0.15) is 0 Å². The molecule has 0 aliphatic heterocycles. The summed E-state index contributed by atoms with van der Waals surface area (Å²) in [5.74, 6) is 0. The van der Waals surface area contributed by atoms with Gasteiger partial charge < -0.3 is 11.2 Å².